The van der Waals surface area contributed by atoms with Gasteiger partial charge in [-0.15, -0.1) is 0 Å². The number of rotatable bonds is 5. The van der Waals surface area contributed by atoms with E-state index in [4.69, 9.17) is 9.57 Å². The molecule has 0 spiro atoms. The summed E-state index contributed by atoms with van der Waals surface area (Å²) in [6, 6.07) is 13.3. The zero-order valence-electron chi connectivity index (χ0n) is 11.6. The van der Waals surface area contributed by atoms with Gasteiger partial charge in [0.1, 0.15) is 12.9 Å². The average Bonchev–Trinajstić information content (AvgIpc) is 2.48. The molecule has 0 aliphatic carbocycles. The van der Waals surface area contributed by atoms with Crippen LogP contribution < -0.4 is 4.74 Å². The summed E-state index contributed by atoms with van der Waals surface area (Å²) < 4.78 is 5.55. The van der Waals surface area contributed by atoms with Gasteiger partial charge in [0, 0.05) is 6.07 Å². The highest BCUT2D eigenvalue weighted by molar-refractivity contribution is 5.98. The molecule has 0 radical (unpaired) electrons. The monoisotopic (exact) mass is 286 g/mol. The lowest BCUT2D eigenvalue weighted by Gasteiger charge is -2.07. The summed E-state index contributed by atoms with van der Waals surface area (Å²) in [6.07, 6.45) is 0. The zero-order chi connectivity index (χ0) is 15.2. The van der Waals surface area contributed by atoms with Crippen LogP contribution >= 0.6 is 0 Å². The molecule has 0 aliphatic heterocycles. The molecule has 2 aromatic carbocycles. The van der Waals surface area contributed by atoms with Crippen molar-refractivity contribution in [2.24, 2.45) is 5.16 Å². The Balaban J connectivity index is 2.22. The van der Waals surface area contributed by atoms with Gasteiger partial charge in [0.25, 0.3) is 0 Å². The number of ether oxygens (including phenoxy) is 1. The van der Waals surface area contributed by atoms with E-state index in [0.717, 1.165) is 11.3 Å². The lowest BCUT2D eigenvalue weighted by Crippen LogP contribution is -1.96. The molecule has 0 amide bonds. The second-order valence-electron chi connectivity index (χ2n) is 4.21. The first-order valence-electron chi connectivity index (χ1n) is 6.21. The first-order chi connectivity index (χ1) is 10.1. The molecular weight excluding hydrogens is 272 g/mol. The summed E-state index contributed by atoms with van der Waals surface area (Å²) in [5.41, 5.74) is 1.54. The number of nitro groups is 1. The SMILES string of the molecule is CO/N=C(\C)c1ccc(Oc2ccccc2[N+](=O)[O-])cc1. The number of para-hydroxylation sites is 2. The van der Waals surface area contributed by atoms with Crippen LogP contribution in [0.2, 0.25) is 0 Å². The van der Waals surface area contributed by atoms with Crippen molar-refractivity contribution < 1.29 is 14.5 Å². The summed E-state index contributed by atoms with van der Waals surface area (Å²) in [5, 5.41) is 14.8. The Bertz CT molecular complexity index is 666. The molecule has 0 saturated carbocycles. The van der Waals surface area contributed by atoms with Crippen molar-refractivity contribution in [1.29, 1.82) is 0 Å². The summed E-state index contributed by atoms with van der Waals surface area (Å²) in [4.78, 5) is 15.2. The number of hydrogen-bond acceptors (Lipinski definition) is 5. The Kier molecular flexibility index (Phi) is 4.50. The predicted molar refractivity (Wildman–Crippen MR) is 78.8 cm³/mol. The topological polar surface area (TPSA) is 74.0 Å². The Labute approximate surface area is 121 Å². The fraction of sp³-hybridized carbons (Fsp3) is 0.133. The molecule has 6 heteroatoms. The molecule has 21 heavy (non-hydrogen) atoms. The minimum absolute atomic E-state index is 0.0706. The van der Waals surface area contributed by atoms with Gasteiger partial charge in [-0.25, -0.2) is 0 Å². The quantitative estimate of drug-likeness (QED) is 0.476. The highest BCUT2D eigenvalue weighted by Crippen LogP contribution is 2.30. The van der Waals surface area contributed by atoms with Crippen LogP contribution in [0.25, 0.3) is 0 Å². The van der Waals surface area contributed by atoms with Crippen molar-refractivity contribution in [3.8, 4) is 11.5 Å². The van der Waals surface area contributed by atoms with Crippen LogP contribution in [0.4, 0.5) is 5.69 Å². The van der Waals surface area contributed by atoms with Crippen molar-refractivity contribution in [3.05, 3.63) is 64.2 Å². The molecule has 0 aliphatic rings. The first-order valence-corrected chi connectivity index (χ1v) is 6.21. The van der Waals surface area contributed by atoms with E-state index in [2.05, 4.69) is 5.16 Å². The van der Waals surface area contributed by atoms with Crippen molar-refractivity contribution in [3.63, 3.8) is 0 Å². The molecular formula is C15H14N2O4. The lowest BCUT2D eigenvalue weighted by molar-refractivity contribution is -0.385. The fourth-order valence-corrected chi connectivity index (χ4v) is 1.78. The maximum atomic E-state index is 10.9. The standard InChI is InChI=1S/C15H14N2O4/c1-11(16-20-2)12-7-9-13(10-8-12)21-15-6-4-3-5-14(15)17(18)19/h3-10H,1-2H3/b16-11+. The van der Waals surface area contributed by atoms with Gasteiger partial charge in [-0.1, -0.05) is 17.3 Å². The maximum Gasteiger partial charge on any atom is 0.311 e. The fourth-order valence-electron chi connectivity index (χ4n) is 1.78. The molecule has 2 aromatic rings. The van der Waals surface area contributed by atoms with Gasteiger partial charge in [-0.2, -0.15) is 0 Å². The molecule has 0 unspecified atom stereocenters. The van der Waals surface area contributed by atoms with E-state index in [-0.39, 0.29) is 11.4 Å². The van der Waals surface area contributed by atoms with E-state index < -0.39 is 4.92 Å². The van der Waals surface area contributed by atoms with Gasteiger partial charge in [0.05, 0.1) is 10.6 Å². The lowest BCUT2D eigenvalue weighted by atomic mass is 10.1. The minimum Gasteiger partial charge on any atom is -0.450 e. The summed E-state index contributed by atoms with van der Waals surface area (Å²) in [6.45, 7) is 1.82. The molecule has 0 saturated heterocycles. The van der Waals surface area contributed by atoms with E-state index in [1.54, 1.807) is 30.3 Å². The largest absolute Gasteiger partial charge is 0.450 e. The minimum atomic E-state index is -0.473. The third-order valence-electron chi connectivity index (χ3n) is 2.79. The molecule has 0 aromatic heterocycles. The van der Waals surface area contributed by atoms with Crippen molar-refractivity contribution >= 4 is 11.4 Å². The first kappa shape index (κ1) is 14.5. The van der Waals surface area contributed by atoms with E-state index in [1.807, 2.05) is 19.1 Å². The molecule has 0 heterocycles. The Morgan fingerprint density at radius 1 is 1.14 bits per heavy atom. The third kappa shape index (κ3) is 3.56. The van der Waals surface area contributed by atoms with Crippen LogP contribution in [0, 0.1) is 10.1 Å². The van der Waals surface area contributed by atoms with Gasteiger partial charge in [0.2, 0.25) is 5.75 Å². The van der Waals surface area contributed by atoms with Crippen molar-refractivity contribution in [2.75, 3.05) is 7.11 Å². The van der Waals surface area contributed by atoms with Gasteiger partial charge in [-0.3, -0.25) is 10.1 Å². The summed E-state index contributed by atoms with van der Waals surface area (Å²) >= 11 is 0. The normalized spacial score (nSPS) is 11.0. The molecule has 0 atom stereocenters. The second-order valence-corrected chi connectivity index (χ2v) is 4.21. The predicted octanol–water partition coefficient (Wildman–Crippen LogP) is 3.76. The molecule has 0 N–H and O–H groups in total. The number of hydrogen-bond donors (Lipinski definition) is 0. The van der Waals surface area contributed by atoms with Crippen LogP contribution in [0.15, 0.2) is 53.7 Å². The van der Waals surface area contributed by atoms with Gasteiger partial charge in [0.15, 0.2) is 0 Å². The zero-order valence-corrected chi connectivity index (χ0v) is 11.6. The van der Waals surface area contributed by atoms with E-state index in [0.29, 0.717) is 5.75 Å². The van der Waals surface area contributed by atoms with Crippen LogP contribution in [0.3, 0.4) is 0 Å². The molecule has 0 fully saturated rings. The summed E-state index contributed by atoms with van der Waals surface area (Å²) in [7, 11) is 1.48. The second kappa shape index (κ2) is 6.51. The van der Waals surface area contributed by atoms with E-state index in [9.17, 15) is 10.1 Å². The smallest absolute Gasteiger partial charge is 0.311 e. The third-order valence-corrected chi connectivity index (χ3v) is 2.79. The molecule has 2 rings (SSSR count). The van der Waals surface area contributed by atoms with Crippen molar-refractivity contribution in [1.82, 2.24) is 0 Å². The summed E-state index contributed by atoms with van der Waals surface area (Å²) in [5.74, 6) is 0.718. The Morgan fingerprint density at radius 2 is 1.81 bits per heavy atom. The average molecular weight is 286 g/mol. The molecule has 108 valence electrons. The van der Waals surface area contributed by atoms with Gasteiger partial charge in [-0.05, 0) is 42.8 Å². The highest BCUT2D eigenvalue weighted by Gasteiger charge is 2.14. The van der Waals surface area contributed by atoms with Gasteiger partial charge < -0.3 is 9.57 Å². The van der Waals surface area contributed by atoms with Crippen LogP contribution in [0.5, 0.6) is 11.5 Å². The number of nitrogens with zero attached hydrogens (tertiary/aromatic N) is 2. The van der Waals surface area contributed by atoms with E-state index >= 15 is 0 Å². The van der Waals surface area contributed by atoms with Gasteiger partial charge >= 0.3 is 5.69 Å². The Morgan fingerprint density at radius 3 is 2.43 bits per heavy atom. The van der Waals surface area contributed by atoms with Crippen molar-refractivity contribution in [2.45, 2.75) is 6.92 Å². The Hall–Kier alpha value is -2.89. The maximum absolute atomic E-state index is 10.9. The number of oxime groups is 1. The molecule has 6 nitrogen and oxygen atoms in total. The number of nitro benzene ring substituents is 1. The number of benzene rings is 2. The van der Waals surface area contributed by atoms with Crippen LogP contribution in [-0.2, 0) is 4.84 Å². The van der Waals surface area contributed by atoms with E-state index in [1.165, 1.54) is 13.2 Å². The molecule has 0 bridgehead atoms. The van der Waals surface area contributed by atoms with Crippen LogP contribution in [0.1, 0.15) is 12.5 Å². The highest BCUT2D eigenvalue weighted by atomic mass is 16.6. The van der Waals surface area contributed by atoms with Crippen LogP contribution in [-0.4, -0.2) is 17.7 Å².